The van der Waals surface area contributed by atoms with Gasteiger partial charge in [-0.3, -0.25) is 4.57 Å². The summed E-state index contributed by atoms with van der Waals surface area (Å²) in [5, 5.41) is 25.9. The lowest BCUT2D eigenvalue weighted by Gasteiger charge is -2.18. The summed E-state index contributed by atoms with van der Waals surface area (Å²) in [6.45, 7) is 3.82. The molecular weight excluding hydrogens is 554 g/mol. The summed E-state index contributed by atoms with van der Waals surface area (Å²) >= 11 is 0. The largest absolute Gasteiger partial charge is 0.495 e. The molecule has 0 radical (unpaired) electrons. The third kappa shape index (κ3) is 6.24. The van der Waals surface area contributed by atoms with E-state index in [0.717, 1.165) is 0 Å². The molecule has 214 valence electrons. The lowest BCUT2D eigenvalue weighted by molar-refractivity contribution is -0.137. The van der Waals surface area contributed by atoms with Crippen LogP contribution in [0.5, 0.6) is 11.6 Å². The standard InChI is InChI=1S/C25H27F3N5O6P/c1-4-38-40(36,39-5-2)14-15-9-10-18(20(11-15)37-3)31-24-29-12-17(25(26,27)28)22(32-24)30-19-8-6-7-16-13-33(35)23(34)21(16)19/h6-13,34-35H,4-5,14H2,1-3H3,(H2,29,30,31,32). The molecule has 0 aliphatic carbocycles. The molecule has 11 nitrogen and oxygen atoms in total. The highest BCUT2D eigenvalue weighted by Crippen LogP contribution is 2.51. The van der Waals surface area contributed by atoms with Gasteiger partial charge in [0.05, 0.1) is 49.4 Å². The number of benzene rings is 2. The summed E-state index contributed by atoms with van der Waals surface area (Å²) in [7, 11) is -1.99. The van der Waals surface area contributed by atoms with Crippen LogP contribution in [-0.2, 0) is 26.0 Å². The minimum Gasteiger partial charge on any atom is -0.495 e. The van der Waals surface area contributed by atoms with Gasteiger partial charge in [-0.1, -0.05) is 18.2 Å². The van der Waals surface area contributed by atoms with Crippen molar-refractivity contribution < 1.29 is 41.8 Å². The fraction of sp³-hybridized carbons (Fsp3) is 0.280. The molecule has 0 aliphatic rings. The first-order valence-electron chi connectivity index (χ1n) is 12.0. The molecule has 15 heteroatoms. The van der Waals surface area contributed by atoms with Crippen LogP contribution in [0.15, 0.2) is 48.8 Å². The maximum Gasteiger partial charge on any atom is 0.421 e. The molecule has 0 unspecified atom stereocenters. The Morgan fingerprint density at radius 2 is 1.80 bits per heavy atom. The quantitative estimate of drug-likeness (QED) is 0.112. The van der Waals surface area contributed by atoms with E-state index in [-0.39, 0.29) is 42.1 Å². The highest BCUT2D eigenvalue weighted by molar-refractivity contribution is 7.53. The molecule has 0 aliphatic heterocycles. The van der Waals surface area contributed by atoms with Gasteiger partial charge in [-0.2, -0.15) is 22.9 Å². The number of anilines is 4. The first-order chi connectivity index (χ1) is 19.0. The van der Waals surface area contributed by atoms with Crippen LogP contribution in [-0.4, -0.2) is 45.3 Å². The van der Waals surface area contributed by atoms with Gasteiger partial charge < -0.3 is 34.7 Å². The van der Waals surface area contributed by atoms with Crippen LogP contribution < -0.4 is 15.4 Å². The number of fused-ring (bicyclic) bond motifs is 1. The molecule has 4 N–H and O–H groups in total. The molecule has 40 heavy (non-hydrogen) atoms. The van der Waals surface area contributed by atoms with Crippen molar-refractivity contribution in [2.24, 2.45) is 0 Å². The lowest BCUT2D eigenvalue weighted by Crippen LogP contribution is -2.13. The first kappa shape index (κ1) is 29.0. The second-order valence-corrected chi connectivity index (χ2v) is 10.5. The van der Waals surface area contributed by atoms with Crippen LogP contribution in [0.25, 0.3) is 10.8 Å². The topological polar surface area (TPSA) is 140 Å². The maximum absolute atomic E-state index is 13.8. The predicted molar refractivity (Wildman–Crippen MR) is 142 cm³/mol. The van der Waals surface area contributed by atoms with Crippen LogP contribution in [0.2, 0.25) is 0 Å². The second-order valence-electron chi connectivity index (χ2n) is 8.41. The summed E-state index contributed by atoms with van der Waals surface area (Å²) in [5.41, 5.74) is -0.153. The fourth-order valence-electron chi connectivity index (χ4n) is 4.01. The summed E-state index contributed by atoms with van der Waals surface area (Å²) in [4.78, 5) is 7.85. The second kappa shape index (κ2) is 11.6. The van der Waals surface area contributed by atoms with Crippen molar-refractivity contribution in [3.8, 4) is 11.6 Å². The van der Waals surface area contributed by atoms with E-state index in [0.29, 0.717) is 27.6 Å². The summed E-state index contributed by atoms with van der Waals surface area (Å²) in [5.74, 6) is -1.05. The molecule has 0 bridgehead atoms. The molecule has 0 saturated heterocycles. The van der Waals surface area contributed by atoms with E-state index in [2.05, 4.69) is 20.6 Å². The van der Waals surface area contributed by atoms with Crippen molar-refractivity contribution in [2.75, 3.05) is 31.0 Å². The number of hydrogen-bond acceptors (Lipinski definition) is 10. The number of aromatic nitrogens is 3. The van der Waals surface area contributed by atoms with Gasteiger partial charge in [-0.05, 0) is 37.6 Å². The number of alkyl halides is 3. The van der Waals surface area contributed by atoms with E-state index >= 15 is 0 Å². The van der Waals surface area contributed by atoms with Crippen molar-refractivity contribution in [3.63, 3.8) is 0 Å². The number of nitrogens with one attached hydrogen (secondary N) is 2. The molecule has 0 atom stereocenters. The highest BCUT2D eigenvalue weighted by atomic mass is 31.2. The number of methoxy groups -OCH3 is 1. The molecule has 4 rings (SSSR count). The number of ether oxygens (including phenoxy) is 1. The van der Waals surface area contributed by atoms with Crippen LogP contribution in [0.4, 0.5) is 36.3 Å². The number of rotatable bonds is 11. The van der Waals surface area contributed by atoms with Crippen LogP contribution >= 0.6 is 7.60 Å². The molecule has 2 heterocycles. The fourth-order valence-corrected chi connectivity index (χ4v) is 5.70. The maximum atomic E-state index is 13.8. The Bertz CT molecular complexity index is 1550. The average Bonchev–Trinajstić information content (AvgIpc) is 3.18. The summed E-state index contributed by atoms with van der Waals surface area (Å²) < 4.78 is 70.9. The van der Waals surface area contributed by atoms with Crippen LogP contribution in [0, 0.1) is 0 Å². The van der Waals surface area contributed by atoms with Gasteiger partial charge in [0, 0.05) is 11.6 Å². The number of halogens is 3. The molecule has 2 aromatic heterocycles. The average molecular weight is 581 g/mol. The zero-order valence-electron chi connectivity index (χ0n) is 21.7. The molecular formula is C25H27F3N5O6P. The Morgan fingerprint density at radius 3 is 2.45 bits per heavy atom. The van der Waals surface area contributed by atoms with E-state index < -0.39 is 31.0 Å². The third-order valence-electron chi connectivity index (χ3n) is 5.69. The van der Waals surface area contributed by atoms with E-state index in [4.69, 9.17) is 13.8 Å². The zero-order chi connectivity index (χ0) is 29.1. The van der Waals surface area contributed by atoms with Crippen molar-refractivity contribution in [2.45, 2.75) is 26.2 Å². The zero-order valence-corrected chi connectivity index (χ0v) is 22.6. The summed E-state index contributed by atoms with van der Waals surface area (Å²) in [6, 6.07) is 9.36. The van der Waals surface area contributed by atoms with Crippen molar-refractivity contribution in [1.29, 1.82) is 0 Å². The molecule has 2 aromatic carbocycles. The van der Waals surface area contributed by atoms with Gasteiger partial charge in [0.25, 0.3) is 0 Å². The van der Waals surface area contributed by atoms with Crippen molar-refractivity contribution in [1.82, 2.24) is 14.7 Å². The minimum absolute atomic E-state index is 0.00980. The number of hydrogen-bond donors (Lipinski definition) is 4. The molecule has 0 saturated carbocycles. The molecule has 0 fully saturated rings. The van der Waals surface area contributed by atoms with Gasteiger partial charge in [0.2, 0.25) is 11.8 Å². The summed E-state index contributed by atoms with van der Waals surface area (Å²) in [6.07, 6.45) is -2.97. The predicted octanol–water partition coefficient (Wildman–Crippen LogP) is 6.65. The minimum atomic E-state index is -4.80. The Kier molecular flexibility index (Phi) is 8.43. The lowest BCUT2D eigenvalue weighted by atomic mass is 10.2. The highest BCUT2D eigenvalue weighted by Gasteiger charge is 2.36. The Balaban J connectivity index is 1.67. The Labute approximate surface area is 227 Å². The van der Waals surface area contributed by atoms with Gasteiger partial charge in [0.1, 0.15) is 17.1 Å². The first-order valence-corrected chi connectivity index (χ1v) is 13.8. The smallest absolute Gasteiger partial charge is 0.421 e. The monoisotopic (exact) mass is 581 g/mol. The van der Waals surface area contributed by atoms with Crippen LogP contribution in [0.1, 0.15) is 25.0 Å². The normalized spacial score (nSPS) is 12.1. The van der Waals surface area contributed by atoms with Crippen LogP contribution in [0.3, 0.4) is 0 Å². The van der Waals surface area contributed by atoms with E-state index in [9.17, 15) is 28.1 Å². The molecule has 4 aromatic rings. The van der Waals surface area contributed by atoms with Gasteiger partial charge >= 0.3 is 13.8 Å². The Morgan fingerprint density at radius 1 is 1.07 bits per heavy atom. The molecule has 0 amide bonds. The number of nitrogens with zero attached hydrogens (tertiary/aromatic N) is 3. The van der Waals surface area contributed by atoms with E-state index in [1.165, 1.54) is 19.4 Å². The van der Waals surface area contributed by atoms with Gasteiger partial charge in [0.15, 0.2) is 0 Å². The van der Waals surface area contributed by atoms with Crippen molar-refractivity contribution in [3.05, 3.63) is 59.9 Å². The molecule has 0 spiro atoms. The SMILES string of the molecule is CCOP(=O)(Cc1ccc(Nc2ncc(C(F)(F)F)c(Nc3cccc4cn(O)c(O)c34)n2)c(OC)c1)OCC. The van der Waals surface area contributed by atoms with E-state index in [1.54, 1.807) is 44.2 Å². The van der Waals surface area contributed by atoms with E-state index in [1.807, 2.05) is 0 Å². The van der Waals surface area contributed by atoms with Crippen molar-refractivity contribution >= 4 is 41.5 Å². The Hall–Kier alpha value is -4.00. The number of aromatic hydroxyl groups is 1. The van der Waals surface area contributed by atoms with Gasteiger partial charge in [-0.25, -0.2) is 4.98 Å². The van der Waals surface area contributed by atoms with Gasteiger partial charge in [-0.15, -0.1) is 0 Å². The third-order valence-corrected chi connectivity index (χ3v) is 7.74.